The third-order valence-electron chi connectivity index (χ3n) is 2.17. The van der Waals surface area contributed by atoms with Gasteiger partial charge in [-0.1, -0.05) is 0 Å². The van der Waals surface area contributed by atoms with Gasteiger partial charge in [-0.25, -0.2) is 4.98 Å². The Morgan fingerprint density at radius 1 is 1.50 bits per heavy atom. The van der Waals surface area contributed by atoms with Crippen molar-refractivity contribution in [3.63, 3.8) is 0 Å². The molecule has 4 heteroatoms. The molecule has 0 aliphatic heterocycles. The van der Waals surface area contributed by atoms with Gasteiger partial charge in [0.2, 0.25) is 0 Å². The van der Waals surface area contributed by atoms with Crippen LogP contribution in [-0.2, 0) is 0 Å². The molecule has 0 atom stereocenters. The summed E-state index contributed by atoms with van der Waals surface area (Å²) in [5.41, 5.74) is 1.05. The molecule has 0 N–H and O–H groups in total. The van der Waals surface area contributed by atoms with E-state index in [0.29, 0.717) is 6.04 Å². The lowest BCUT2D eigenvalue weighted by molar-refractivity contribution is 0.617. The second-order valence-electron chi connectivity index (χ2n) is 3.47. The average molecular weight is 365 g/mol. The summed E-state index contributed by atoms with van der Waals surface area (Å²) < 4.78 is 4.56. The molecule has 0 saturated carbocycles. The Balaban J connectivity index is 2.84. The molecule has 0 aliphatic rings. The van der Waals surface area contributed by atoms with Gasteiger partial charge in [0.1, 0.15) is 5.65 Å². The number of aromatic nitrogens is 2. The van der Waals surface area contributed by atoms with Gasteiger partial charge in [-0.15, -0.1) is 0 Å². The lowest BCUT2D eigenvalue weighted by atomic mass is 10.3. The standard InChI is InChI=1S/C10H10BrIN2/c1-6(2)14-5-8(12)9-7(11)3-4-13-10(9)14/h3-6H,1-2H3. The highest BCUT2D eigenvalue weighted by Crippen LogP contribution is 2.30. The number of rotatable bonds is 1. The van der Waals surface area contributed by atoms with Crippen LogP contribution in [0.1, 0.15) is 19.9 Å². The van der Waals surface area contributed by atoms with Gasteiger partial charge in [0.25, 0.3) is 0 Å². The van der Waals surface area contributed by atoms with Crippen LogP contribution in [0.5, 0.6) is 0 Å². The molecule has 0 aliphatic carbocycles. The second-order valence-corrected chi connectivity index (χ2v) is 5.49. The van der Waals surface area contributed by atoms with Crippen molar-refractivity contribution in [2.75, 3.05) is 0 Å². The Morgan fingerprint density at radius 2 is 2.21 bits per heavy atom. The summed E-state index contributed by atoms with van der Waals surface area (Å²) in [5.74, 6) is 0. The van der Waals surface area contributed by atoms with E-state index in [0.717, 1.165) is 10.1 Å². The fourth-order valence-electron chi connectivity index (χ4n) is 1.49. The molecule has 0 radical (unpaired) electrons. The summed E-state index contributed by atoms with van der Waals surface area (Å²) in [4.78, 5) is 4.41. The van der Waals surface area contributed by atoms with Gasteiger partial charge in [0, 0.05) is 31.9 Å². The normalized spacial score (nSPS) is 11.5. The molecule has 0 amide bonds. The van der Waals surface area contributed by atoms with Crippen LogP contribution in [0.2, 0.25) is 0 Å². The van der Waals surface area contributed by atoms with Crippen molar-refractivity contribution in [3.8, 4) is 0 Å². The zero-order chi connectivity index (χ0) is 10.3. The third kappa shape index (κ3) is 1.58. The van der Waals surface area contributed by atoms with Crippen LogP contribution in [-0.4, -0.2) is 9.55 Å². The molecule has 2 heterocycles. The maximum Gasteiger partial charge on any atom is 0.142 e. The minimum atomic E-state index is 0.447. The Kier molecular flexibility index (Phi) is 2.83. The van der Waals surface area contributed by atoms with Crippen molar-refractivity contribution >= 4 is 49.6 Å². The molecule has 0 aromatic carbocycles. The second kappa shape index (κ2) is 3.81. The van der Waals surface area contributed by atoms with Crippen molar-refractivity contribution in [1.82, 2.24) is 9.55 Å². The first-order valence-corrected chi connectivity index (χ1v) is 6.29. The monoisotopic (exact) mass is 364 g/mol. The van der Waals surface area contributed by atoms with E-state index in [4.69, 9.17) is 0 Å². The molecule has 14 heavy (non-hydrogen) atoms. The SMILES string of the molecule is CC(C)n1cc(I)c2c(Br)ccnc21. The topological polar surface area (TPSA) is 17.8 Å². The molecule has 74 valence electrons. The summed E-state index contributed by atoms with van der Waals surface area (Å²) in [5, 5.41) is 1.21. The zero-order valence-corrected chi connectivity index (χ0v) is 11.7. The summed E-state index contributed by atoms with van der Waals surface area (Å²) in [6, 6.07) is 2.43. The summed E-state index contributed by atoms with van der Waals surface area (Å²) >= 11 is 5.90. The quantitative estimate of drug-likeness (QED) is 0.700. The number of nitrogens with zero attached hydrogens (tertiary/aromatic N) is 2. The van der Waals surface area contributed by atoms with Gasteiger partial charge in [-0.3, -0.25) is 0 Å². The molecule has 2 nitrogen and oxygen atoms in total. The van der Waals surface area contributed by atoms with Gasteiger partial charge in [0.05, 0.1) is 0 Å². The number of fused-ring (bicyclic) bond motifs is 1. The Morgan fingerprint density at radius 3 is 2.86 bits per heavy atom. The van der Waals surface area contributed by atoms with E-state index in [2.05, 4.69) is 68.1 Å². The summed E-state index contributed by atoms with van der Waals surface area (Å²) in [6.07, 6.45) is 3.98. The van der Waals surface area contributed by atoms with E-state index in [1.165, 1.54) is 8.96 Å². The highest BCUT2D eigenvalue weighted by Gasteiger charge is 2.11. The fourth-order valence-corrected chi connectivity index (χ4v) is 3.20. The lowest BCUT2D eigenvalue weighted by Gasteiger charge is -2.07. The Bertz CT molecular complexity index is 476. The number of hydrogen-bond acceptors (Lipinski definition) is 1. The molecule has 0 spiro atoms. The predicted molar refractivity (Wildman–Crippen MR) is 70.5 cm³/mol. The maximum atomic E-state index is 4.41. The van der Waals surface area contributed by atoms with Crippen LogP contribution in [0.3, 0.4) is 0 Å². The third-order valence-corrected chi connectivity index (χ3v) is 3.65. The molecule has 0 bridgehead atoms. The van der Waals surface area contributed by atoms with Crippen LogP contribution in [0.15, 0.2) is 22.9 Å². The first-order chi connectivity index (χ1) is 6.61. The van der Waals surface area contributed by atoms with Gasteiger partial charge in [-0.2, -0.15) is 0 Å². The van der Waals surface area contributed by atoms with E-state index in [-0.39, 0.29) is 0 Å². The van der Waals surface area contributed by atoms with E-state index in [1.807, 2.05) is 12.3 Å². The molecule has 2 rings (SSSR count). The average Bonchev–Trinajstić information content (AvgIpc) is 2.45. The molecule has 0 fully saturated rings. The van der Waals surface area contributed by atoms with Crippen LogP contribution in [0.25, 0.3) is 11.0 Å². The Hall–Kier alpha value is -0.100. The molecular weight excluding hydrogens is 355 g/mol. The van der Waals surface area contributed by atoms with Crippen molar-refractivity contribution in [1.29, 1.82) is 0 Å². The predicted octanol–water partition coefficient (Wildman–Crippen LogP) is 3.98. The highest BCUT2D eigenvalue weighted by atomic mass is 127. The van der Waals surface area contributed by atoms with Gasteiger partial charge in [-0.05, 0) is 58.4 Å². The first-order valence-electron chi connectivity index (χ1n) is 4.42. The minimum absolute atomic E-state index is 0.447. The van der Waals surface area contributed by atoms with E-state index < -0.39 is 0 Å². The van der Waals surface area contributed by atoms with E-state index >= 15 is 0 Å². The van der Waals surface area contributed by atoms with Crippen LogP contribution in [0, 0.1) is 3.57 Å². The maximum absolute atomic E-state index is 4.41. The molecular formula is C10H10BrIN2. The first kappa shape index (κ1) is 10.4. The van der Waals surface area contributed by atoms with Crippen molar-refractivity contribution < 1.29 is 0 Å². The minimum Gasteiger partial charge on any atom is -0.329 e. The molecule has 0 saturated heterocycles. The number of pyridine rings is 1. The summed E-state index contributed by atoms with van der Waals surface area (Å²) in [7, 11) is 0. The lowest BCUT2D eigenvalue weighted by Crippen LogP contribution is -1.99. The summed E-state index contributed by atoms with van der Waals surface area (Å²) in [6.45, 7) is 4.33. The van der Waals surface area contributed by atoms with Crippen molar-refractivity contribution in [2.45, 2.75) is 19.9 Å². The van der Waals surface area contributed by atoms with E-state index in [9.17, 15) is 0 Å². The van der Waals surface area contributed by atoms with Gasteiger partial charge < -0.3 is 4.57 Å². The highest BCUT2D eigenvalue weighted by molar-refractivity contribution is 14.1. The van der Waals surface area contributed by atoms with Crippen molar-refractivity contribution in [3.05, 3.63) is 26.5 Å². The van der Waals surface area contributed by atoms with E-state index in [1.54, 1.807) is 0 Å². The van der Waals surface area contributed by atoms with Crippen LogP contribution in [0.4, 0.5) is 0 Å². The van der Waals surface area contributed by atoms with Gasteiger partial charge >= 0.3 is 0 Å². The largest absolute Gasteiger partial charge is 0.329 e. The number of halogens is 2. The van der Waals surface area contributed by atoms with Crippen molar-refractivity contribution in [2.24, 2.45) is 0 Å². The molecule has 2 aromatic heterocycles. The fraction of sp³-hybridized carbons (Fsp3) is 0.300. The zero-order valence-electron chi connectivity index (χ0n) is 7.96. The molecule has 0 unspecified atom stereocenters. The molecule has 2 aromatic rings. The van der Waals surface area contributed by atoms with Gasteiger partial charge in [0.15, 0.2) is 0 Å². The number of hydrogen-bond donors (Lipinski definition) is 0. The Labute approximate surface area is 105 Å². The van der Waals surface area contributed by atoms with Crippen LogP contribution < -0.4 is 0 Å². The van der Waals surface area contributed by atoms with Crippen LogP contribution >= 0.6 is 38.5 Å². The smallest absolute Gasteiger partial charge is 0.142 e.